The zero-order valence-electron chi connectivity index (χ0n) is 11.4. The molecule has 5 fully saturated rings. The minimum absolute atomic E-state index is 0.549. The molecule has 0 aromatic rings. The van der Waals surface area contributed by atoms with Gasteiger partial charge in [0.25, 0.3) is 0 Å². The van der Waals surface area contributed by atoms with E-state index in [1.54, 1.807) is 32.1 Å². The Labute approximate surface area is 116 Å². The lowest BCUT2D eigenvalue weighted by Crippen LogP contribution is -2.55. The van der Waals surface area contributed by atoms with E-state index >= 15 is 0 Å². The third-order valence-electron chi connectivity index (χ3n) is 6.83. The van der Waals surface area contributed by atoms with Gasteiger partial charge in [-0.1, -0.05) is 0 Å². The monoisotopic (exact) mass is 265 g/mol. The topological polar surface area (TPSA) is 26.0 Å². The maximum Gasteiger partial charge on any atom is -0.00171 e. The Balaban J connectivity index is 1.63. The molecule has 4 aliphatic carbocycles. The molecule has 0 radical (unpaired) electrons. The molecular formula is C16H27NS. The van der Waals surface area contributed by atoms with E-state index in [4.69, 9.17) is 5.73 Å². The van der Waals surface area contributed by atoms with Gasteiger partial charge < -0.3 is 5.73 Å². The molecule has 0 aromatic carbocycles. The summed E-state index contributed by atoms with van der Waals surface area (Å²) in [5.74, 6) is 8.10. The van der Waals surface area contributed by atoms with Gasteiger partial charge in [-0.15, -0.1) is 0 Å². The molecule has 1 aliphatic heterocycles. The lowest BCUT2D eigenvalue weighted by molar-refractivity contribution is -0.0973. The maximum atomic E-state index is 6.31. The Bertz CT molecular complexity index is 293. The lowest BCUT2D eigenvalue weighted by atomic mass is 9.46. The first-order valence-corrected chi connectivity index (χ1v) is 9.24. The normalized spacial score (nSPS) is 49.5. The first kappa shape index (κ1) is 12.1. The van der Waals surface area contributed by atoms with E-state index in [9.17, 15) is 0 Å². The van der Waals surface area contributed by atoms with Crippen LogP contribution in [0.4, 0.5) is 0 Å². The quantitative estimate of drug-likeness (QED) is 0.826. The molecule has 4 bridgehead atoms. The fourth-order valence-electron chi connectivity index (χ4n) is 6.38. The van der Waals surface area contributed by atoms with Gasteiger partial charge in [0.1, 0.15) is 0 Å². The summed E-state index contributed by atoms with van der Waals surface area (Å²) in [4.78, 5) is 0. The number of hydrogen-bond acceptors (Lipinski definition) is 2. The summed E-state index contributed by atoms with van der Waals surface area (Å²) in [6.07, 6.45) is 10.7. The molecule has 1 heterocycles. The first-order valence-electron chi connectivity index (χ1n) is 8.08. The fraction of sp³-hybridized carbons (Fsp3) is 1.00. The Hall–Kier alpha value is 0.310. The van der Waals surface area contributed by atoms with Gasteiger partial charge in [-0.3, -0.25) is 0 Å². The predicted octanol–water partition coefficient (Wildman–Crippen LogP) is 3.53. The summed E-state index contributed by atoms with van der Waals surface area (Å²) in [6, 6.07) is 0. The molecule has 0 atom stereocenters. The van der Waals surface area contributed by atoms with Crippen LogP contribution in [0.15, 0.2) is 0 Å². The number of hydrogen-bond donors (Lipinski definition) is 1. The van der Waals surface area contributed by atoms with Crippen molar-refractivity contribution in [3.05, 3.63) is 0 Å². The highest BCUT2D eigenvalue weighted by Crippen LogP contribution is 2.62. The van der Waals surface area contributed by atoms with Gasteiger partial charge in [0.2, 0.25) is 0 Å². The molecule has 2 N–H and O–H groups in total. The van der Waals surface area contributed by atoms with E-state index in [1.165, 1.54) is 24.3 Å². The highest BCUT2D eigenvalue weighted by atomic mass is 32.2. The van der Waals surface area contributed by atoms with Gasteiger partial charge in [-0.2, -0.15) is 11.8 Å². The summed E-state index contributed by atoms with van der Waals surface area (Å²) in [6.45, 7) is 0.973. The standard InChI is InChI=1S/C16H27NS/c17-10-16(1-3-18-4-2-16)15-13-6-11-5-12(8-13)9-14(15)7-11/h11-15H,1-10,17H2. The second-order valence-electron chi connectivity index (χ2n) is 7.64. The Morgan fingerprint density at radius 2 is 1.44 bits per heavy atom. The minimum Gasteiger partial charge on any atom is -0.330 e. The molecule has 0 unspecified atom stereocenters. The Morgan fingerprint density at radius 1 is 0.889 bits per heavy atom. The second kappa shape index (κ2) is 4.41. The molecule has 2 heteroatoms. The van der Waals surface area contributed by atoms with E-state index in [0.29, 0.717) is 5.41 Å². The van der Waals surface area contributed by atoms with Crippen LogP contribution in [-0.4, -0.2) is 18.1 Å². The summed E-state index contributed by atoms with van der Waals surface area (Å²) in [5.41, 5.74) is 6.86. The van der Waals surface area contributed by atoms with Crippen LogP contribution in [0.25, 0.3) is 0 Å². The van der Waals surface area contributed by atoms with Crippen LogP contribution in [0.2, 0.25) is 0 Å². The maximum absolute atomic E-state index is 6.31. The van der Waals surface area contributed by atoms with E-state index in [1.807, 2.05) is 0 Å². The number of rotatable bonds is 2. The summed E-state index contributed by atoms with van der Waals surface area (Å²) >= 11 is 2.16. The van der Waals surface area contributed by atoms with Crippen LogP contribution in [-0.2, 0) is 0 Å². The van der Waals surface area contributed by atoms with Crippen molar-refractivity contribution in [1.82, 2.24) is 0 Å². The zero-order valence-corrected chi connectivity index (χ0v) is 12.3. The van der Waals surface area contributed by atoms with Crippen molar-refractivity contribution in [2.75, 3.05) is 18.1 Å². The molecule has 1 nitrogen and oxygen atoms in total. The third-order valence-corrected chi connectivity index (χ3v) is 7.81. The van der Waals surface area contributed by atoms with Gasteiger partial charge in [0, 0.05) is 0 Å². The van der Waals surface area contributed by atoms with Crippen LogP contribution >= 0.6 is 11.8 Å². The average molecular weight is 265 g/mol. The highest BCUT2D eigenvalue weighted by Gasteiger charge is 2.55. The third kappa shape index (κ3) is 1.71. The molecule has 102 valence electrons. The van der Waals surface area contributed by atoms with E-state index in [0.717, 1.165) is 36.1 Å². The average Bonchev–Trinajstić information content (AvgIpc) is 2.38. The highest BCUT2D eigenvalue weighted by molar-refractivity contribution is 7.99. The van der Waals surface area contributed by atoms with E-state index in [-0.39, 0.29) is 0 Å². The van der Waals surface area contributed by atoms with Crippen molar-refractivity contribution >= 4 is 11.8 Å². The fourth-order valence-corrected chi connectivity index (χ4v) is 7.68. The van der Waals surface area contributed by atoms with Crippen LogP contribution in [0.3, 0.4) is 0 Å². The van der Waals surface area contributed by atoms with Crippen LogP contribution in [0.1, 0.15) is 44.9 Å². The molecule has 4 saturated carbocycles. The SMILES string of the molecule is NCC1(C2C3CC4CC(C3)CC2C4)CCSCC1. The zero-order chi connectivity index (χ0) is 12.2. The van der Waals surface area contributed by atoms with Gasteiger partial charge >= 0.3 is 0 Å². The van der Waals surface area contributed by atoms with Crippen molar-refractivity contribution in [2.45, 2.75) is 44.9 Å². The first-order chi connectivity index (χ1) is 8.81. The Kier molecular flexibility index (Phi) is 2.96. The number of thioether (sulfide) groups is 1. The molecule has 5 aliphatic rings. The van der Waals surface area contributed by atoms with Crippen LogP contribution in [0, 0.1) is 35.0 Å². The largest absolute Gasteiger partial charge is 0.330 e. The van der Waals surface area contributed by atoms with Crippen molar-refractivity contribution in [3.8, 4) is 0 Å². The molecule has 0 spiro atoms. The van der Waals surface area contributed by atoms with E-state index in [2.05, 4.69) is 11.8 Å². The van der Waals surface area contributed by atoms with Gasteiger partial charge in [0.05, 0.1) is 0 Å². The second-order valence-corrected chi connectivity index (χ2v) is 8.86. The number of nitrogens with two attached hydrogens (primary N) is 1. The smallest absolute Gasteiger partial charge is 0.00171 e. The van der Waals surface area contributed by atoms with Crippen molar-refractivity contribution in [2.24, 2.45) is 40.7 Å². The van der Waals surface area contributed by atoms with Gasteiger partial charge in [-0.05, 0) is 98.0 Å². The molecule has 18 heavy (non-hydrogen) atoms. The van der Waals surface area contributed by atoms with E-state index < -0.39 is 0 Å². The molecule has 5 rings (SSSR count). The minimum atomic E-state index is 0.549. The predicted molar refractivity (Wildman–Crippen MR) is 78.6 cm³/mol. The van der Waals surface area contributed by atoms with Crippen molar-refractivity contribution in [3.63, 3.8) is 0 Å². The lowest BCUT2D eigenvalue weighted by Gasteiger charge is -2.60. The molecule has 0 amide bonds. The van der Waals surface area contributed by atoms with Crippen LogP contribution < -0.4 is 5.73 Å². The molecule has 1 saturated heterocycles. The summed E-state index contributed by atoms with van der Waals surface area (Å²) in [5, 5.41) is 0. The molecule has 0 aromatic heterocycles. The summed E-state index contributed by atoms with van der Waals surface area (Å²) < 4.78 is 0. The van der Waals surface area contributed by atoms with Gasteiger partial charge in [-0.25, -0.2) is 0 Å². The molecular weight excluding hydrogens is 238 g/mol. The van der Waals surface area contributed by atoms with Crippen LogP contribution in [0.5, 0.6) is 0 Å². The van der Waals surface area contributed by atoms with Crippen molar-refractivity contribution in [1.29, 1.82) is 0 Å². The summed E-state index contributed by atoms with van der Waals surface area (Å²) in [7, 11) is 0. The van der Waals surface area contributed by atoms with Crippen molar-refractivity contribution < 1.29 is 0 Å². The Morgan fingerprint density at radius 3 is 1.94 bits per heavy atom. The van der Waals surface area contributed by atoms with Gasteiger partial charge in [0.15, 0.2) is 0 Å².